The van der Waals surface area contributed by atoms with Crippen LogP contribution in [0.5, 0.6) is 0 Å². The average Bonchev–Trinajstić information content (AvgIpc) is 2.76. The van der Waals surface area contributed by atoms with Crippen molar-refractivity contribution >= 4 is 5.78 Å². The van der Waals surface area contributed by atoms with Gasteiger partial charge < -0.3 is 14.1 Å². The second kappa shape index (κ2) is 5.21. The first kappa shape index (κ1) is 11.3. The Labute approximate surface area is 94.2 Å². The fraction of sp³-hybridized carbons (Fsp3) is 0.727. The van der Waals surface area contributed by atoms with Crippen molar-refractivity contribution in [1.82, 2.24) is 10.1 Å². The highest BCUT2D eigenvalue weighted by Gasteiger charge is 2.21. The van der Waals surface area contributed by atoms with Crippen molar-refractivity contribution in [3.05, 3.63) is 11.7 Å². The molecule has 0 aliphatic carbocycles. The third-order valence-electron chi connectivity index (χ3n) is 2.76. The lowest BCUT2D eigenvalue weighted by Gasteiger charge is -2.18. The van der Waals surface area contributed by atoms with Crippen LogP contribution < -0.4 is 0 Å². The van der Waals surface area contributed by atoms with E-state index >= 15 is 0 Å². The number of ether oxygens (including phenoxy) is 1. The van der Waals surface area contributed by atoms with Gasteiger partial charge in [-0.05, 0) is 19.8 Å². The first-order valence-electron chi connectivity index (χ1n) is 5.65. The second-order valence-corrected chi connectivity index (χ2v) is 4.13. The molecule has 2 rings (SSSR count). The van der Waals surface area contributed by atoms with Crippen LogP contribution in [0.1, 0.15) is 43.8 Å². The summed E-state index contributed by atoms with van der Waals surface area (Å²) in [5.74, 6) is 1.83. The standard InChI is InChI=1S/C11H16N2O3/c1-8(14)2-3-10-12-11(13-16-10)9-4-6-15-7-5-9/h9H,2-7H2,1H3. The number of carbonyl (C=O) groups excluding carboxylic acids is 1. The van der Waals surface area contributed by atoms with Crippen LogP contribution in [-0.2, 0) is 16.0 Å². The summed E-state index contributed by atoms with van der Waals surface area (Å²) < 4.78 is 10.4. The molecule has 1 saturated heterocycles. The number of ketones is 1. The third kappa shape index (κ3) is 2.88. The summed E-state index contributed by atoms with van der Waals surface area (Å²) in [5, 5.41) is 3.96. The maximum atomic E-state index is 10.8. The van der Waals surface area contributed by atoms with Gasteiger partial charge in [0.1, 0.15) is 5.78 Å². The first-order chi connectivity index (χ1) is 7.75. The van der Waals surface area contributed by atoms with Gasteiger partial charge in [-0.1, -0.05) is 5.16 Å². The zero-order chi connectivity index (χ0) is 11.4. The minimum absolute atomic E-state index is 0.144. The van der Waals surface area contributed by atoms with Crippen LogP contribution in [-0.4, -0.2) is 29.1 Å². The zero-order valence-corrected chi connectivity index (χ0v) is 9.44. The van der Waals surface area contributed by atoms with Crippen LogP contribution in [0.15, 0.2) is 4.52 Å². The van der Waals surface area contributed by atoms with Crippen LogP contribution >= 0.6 is 0 Å². The molecule has 0 saturated carbocycles. The summed E-state index contributed by atoms with van der Waals surface area (Å²) in [7, 11) is 0. The van der Waals surface area contributed by atoms with Crippen LogP contribution in [0.25, 0.3) is 0 Å². The second-order valence-electron chi connectivity index (χ2n) is 4.13. The van der Waals surface area contributed by atoms with Crippen LogP contribution in [0.2, 0.25) is 0 Å². The normalized spacial score (nSPS) is 17.6. The molecule has 0 radical (unpaired) electrons. The Balaban J connectivity index is 1.93. The Morgan fingerprint density at radius 1 is 1.44 bits per heavy atom. The van der Waals surface area contributed by atoms with Gasteiger partial charge in [-0.25, -0.2) is 0 Å². The van der Waals surface area contributed by atoms with Crippen molar-refractivity contribution in [2.75, 3.05) is 13.2 Å². The number of carbonyl (C=O) groups is 1. The lowest BCUT2D eigenvalue weighted by Crippen LogP contribution is -2.15. The Kier molecular flexibility index (Phi) is 3.66. The maximum Gasteiger partial charge on any atom is 0.227 e. The van der Waals surface area contributed by atoms with E-state index in [1.807, 2.05) is 0 Å². The molecule has 5 heteroatoms. The molecule has 0 amide bonds. The quantitative estimate of drug-likeness (QED) is 0.775. The van der Waals surface area contributed by atoms with Crippen molar-refractivity contribution < 1.29 is 14.1 Å². The Hall–Kier alpha value is -1.23. The fourth-order valence-corrected chi connectivity index (χ4v) is 1.77. The van der Waals surface area contributed by atoms with E-state index in [9.17, 15) is 4.79 Å². The van der Waals surface area contributed by atoms with Gasteiger partial charge >= 0.3 is 0 Å². The predicted octanol–water partition coefficient (Wildman–Crippen LogP) is 1.49. The molecule has 0 N–H and O–H groups in total. The summed E-state index contributed by atoms with van der Waals surface area (Å²) in [6.07, 6.45) is 2.92. The minimum atomic E-state index is 0.144. The van der Waals surface area contributed by atoms with Gasteiger partial charge in [0.15, 0.2) is 5.82 Å². The Morgan fingerprint density at radius 3 is 2.88 bits per heavy atom. The minimum Gasteiger partial charge on any atom is -0.381 e. The number of nitrogens with zero attached hydrogens (tertiary/aromatic N) is 2. The average molecular weight is 224 g/mol. The highest BCUT2D eigenvalue weighted by molar-refractivity contribution is 5.75. The topological polar surface area (TPSA) is 65.2 Å². The summed E-state index contributed by atoms with van der Waals surface area (Å²) in [5.41, 5.74) is 0. The molecular weight excluding hydrogens is 208 g/mol. The number of hydrogen-bond acceptors (Lipinski definition) is 5. The molecule has 0 aromatic carbocycles. The Morgan fingerprint density at radius 2 is 2.19 bits per heavy atom. The van der Waals surface area contributed by atoms with Gasteiger partial charge in [-0.2, -0.15) is 4.98 Å². The number of rotatable bonds is 4. The smallest absolute Gasteiger partial charge is 0.227 e. The molecule has 1 fully saturated rings. The number of aromatic nitrogens is 2. The maximum absolute atomic E-state index is 10.8. The molecule has 1 aromatic heterocycles. The lowest BCUT2D eigenvalue weighted by molar-refractivity contribution is -0.117. The molecule has 1 aromatic rings. The predicted molar refractivity (Wildman–Crippen MR) is 56.1 cm³/mol. The van der Waals surface area contributed by atoms with Crippen molar-refractivity contribution in [2.45, 2.75) is 38.5 Å². The van der Waals surface area contributed by atoms with E-state index in [1.54, 1.807) is 6.92 Å². The molecule has 88 valence electrons. The van der Waals surface area contributed by atoms with Gasteiger partial charge in [0.05, 0.1) is 0 Å². The summed E-state index contributed by atoms with van der Waals surface area (Å²) in [6, 6.07) is 0. The Bertz CT molecular complexity index is 356. The molecule has 5 nitrogen and oxygen atoms in total. The van der Waals surface area contributed by atoms with Crippen molar-refractivity contribution in [2.24, 2.45) is 0 Å². The molecule has 0 atom stereocenters. The highest BCUT2D eigenvalue weighted by atomic mass is 16.5. The molecule has 0 spiro atoms. The third-order valence-corrected chi connectivity index (χ3v) is 2.76. The van der Waals surface area contributed by atoms with Gasteiger partial charge in [0.2, 0.25) is 5.89 Å². The molecule has 16 heavy (non-hydrogen) atoms. The molecule has 2 heterocycles. The van der Waals surface area contributed by atoms with Gasteiger partial charge in [-0.15, -0.1) is 0 Å². The largest absolute Gasteiger partial charge is 0.381 e. The number of hydrogen-bond donors (Lipinski definition) is 0. The van der Waals surface area contributed by atoms with E-state index in [0.717, 1.165) is 31.9 Å². The highest BCUT2D eigenvalue weighted by Crippen LogP contribution is 2.24. The van der Waals surface area contributed by atoms with E-state index in [0.29, 0.717) is 24.7 Å². The molecule has 1 aliphatic heterocycles. The summed E-state index contributed by atoms with van der Waals surface area (Å²) >= 11 is 0. The summed E-state index contributed by atoms with van der Waals surface area (Å²) in [4.78, 5) is 15.1. The fourth-order valence-electron chi connectivity index (χ4n) is 1.77. The van der Waals surface area contributed by atoms with E-state index in [4.69, 9.17) is 9.26 Å². The molecule has 0 unspecified atom stereocenters. The van der Waals surface area contributed by atoms with Gasteiger partial charge in [-0.3, -0.25) is 0 Å². The monoisotopic (exact) mass is 224 g/mol. The molecular formula is C11H16N2O3. The lowest BCUT2D eigenvalue weighted by atomic mass is 10.00. The number of Topliss-reactive ketones (excluding diaryl/α,β-unsaturated/α-hetero) is 1. The van der Waals surface area contributed by atoms with Crippen LogP contribution in [0.3, 0.4) is 0 Å². The molecule has 1 aliphatic rings. The molecule has 0 bridgehead atoms. The van der Waals surface area contributed by atoms with Crippen molar-refractivity contribution in [3.8, 4) is 0 Å². The first-order valence-corrected chi connectivity index (χ1v) is 5.65. The van der Waals surface area contributed by atoms with Crippen molar-refractivity contribution in [3.63, 3.8) is 0 Å². The van der Waals surface area contributed by atoms with Gasteiger partial charge in [0, 0.05) is 32.0 Å². The SMILES string of the molecule is CC(=O)CCc1nc(C2CCOCC2)no1. The van der Waals surface area contributed by atoms with E-state index in [-0.39, 0.29) is 5.78 Å². The van der Waals surface area contributed by atoms with Crippen molar-refractivity contribution in [1.29, 1.82) is 0 Å². The van der Waals surface area contributed by atoms with E-state index in [2.05, 4.69) is 10.1 Å². The van der Waals surface area contributed by atoms with Crippen LogP contribution in [0.4, 0.5) is 0 Å². The van der Waals surface area contributed by atoms with E-state index < -0.39 is 0 Å². The summed E-state index contributed by atoms with van der Waals surface area (Å²) in [6.45, 7) is 3.10. The van der Waals surface area contributed by atoms with Gasteiger partial charge in [0.25, 0.3) is 0 Å². The zero-order valence-electron chi connectivity index (χ0n) is 9.44. The number of aryl methyl sites for hydroxylation is 1. The van der Waals surface area contributed by atoms with E-state index in [1.165, 1.54) is 0 Å². The van der Waals surface area contributed by atoms with Crippen LogP contribution in [0, 0.1) is 0 Å².